The zero-order chi connectivity index (χ0) is 27.4. The summed E-state index contributed by atoms with van der Waals surface area (Å²) in [5.41, 5.74) is 11.9. The van der Waals surface area contributed by atoms with E-state index in [9.17, 15) is 0 Å². The van der Waals surface area contributed by atoms with Crippen LogP contribution in [0.2, 0.25) is 0 Å². The van der Waals surface area contributed by atoms with Crippen LogP contribution in [0.25, 0.3) is 55.3 Å². The van der Waals surface area contributed by atoms with Crippen LogP contribution in [0.15, 0.2) is 170 Å². The third-order valence-electron chi connectivity index (χ3n) is 7.68. The van der Waals surface area contributed by atoms with Crippen molar-refractivity contribution < 1.29 is 0 Å². The van der Waals surface area contributed by atoms with Crippen molar-refractivity contribution in [3.8, 4) is 44.5 Å². The summed E-state index contributed by atoms with van der Waals surface area (Å²) in [6, 6.07) is 60.5. The van der Waals surface area contributed by atoms with Crippen LogP contribution in [-0.4, -0.2) is 0 Å². The minimum absolute atomic E-state index is 1.07. The van der Waals surface area contributed by atoms with Crippen molar-refractivity contribution in [1.29, 1.82) is 0 Å². The molecule has 41 heavy (non-hydrogen) atoms. The van der Waals surface area contributed by atoms with Crippen molar-refractivity contribution in [2.75, 3.05) is 5.32 Å². The third kappa shape index (κ3) is 5.26. The second kappa shape index (κ2) is 11.0. The summed E-state index contributed by atoms with van der Waals surface area (Å²) in [5.74, 6) is 0. The van der Waals surface area contributed by atoms with E-state index >= 15 is 0 Å². The first-order valence-corrected chi connectivity index (χ1v) is 14.0. The Bertz CT molecular complexity index is 1910. The van der Waals surface area contributed by atoms with Crippen LogP contribution in [0, 0.1) is 0 Å². The number of hydrogen-bond acceptors (Lipinski definition) is 1. The topological polar surface area (TPSA) is 12.0 Å². The second-order valence-corrected chi connectivity index (χ2v) is 10.3. The van der Waals surface area contributed by atoms with Crippen LogP contribution in [0.1, 0.15) is 0 Å². The van der Waals surface area contributed by atoms with Crippen molar-refractivity contribution in [1.82, 2.24) is 0 Å². The lowest BCUT2D eigenvalue weighted by atomic mass is 9.95. The zero-order valence-corrected chi connectivity index (χ0v) is 22.7. The van der Waals surface area contributed by atoms with Crippen LogP contribution in [0.5, 0.6) is 0 Å². The van der Waals surface area contributed by atoms with Gasteiger partial charge < -0.3 is 5.32 Å². The Balaban J connectivity index is 1.06. The number of anilines is 2. The van der Waals surface area contributed by atoms with Gasteiger partial charge in [0.2, 0.25) is 0 Å². The molecule has 1 heteroatoms. The van der Waals surface area contributed by atoms with Crippen molar-refractivity contribution in [2.45, 2.75) is 0 Å². The molecule has 0 aliphatic carbocycles. The molecule has 1 N–H and O–H groups in total. The summed E-state index contributed by atoms with van der Waals surface area (Å²) in [7, 11) is 0. The lowest BCUT2D eigenvalue weighted by Gasteiger charge is -2.11. The number of nitrogens with one attached hydrogen (secondary N) is 1. The molecule has 7 rings (SSSR count). The Morgan fingerprint density at radius 1 is 0.293 bits per heavy atom. The highest BCUT2D eigenvalue weighted by atomic mass is 14.9. The Kier molecular flexibility index (Phi) is 6.61. The van der Waals surface area contributed by atoms with E-state index in [4.69, 9.17) is 0 Å². The molecule has 0 radical (unpaired) electrons. The molecule has 0 amide bonds. The van der Waals surface area contributed by atoms with Gasteiger partial charge in [0, 0.05) is 11.4 Å². The van der Waals surface area contributed by atoms with Gasteiger partial charge in [0.15, 0.2) is 0 Å². The molecule has 0 aliphatic rings. The second-order valence-electron chi connectivity index (χ2n) is 10.3. The van der Waals surface area contributed by atoms with E-state index in [1.54, 1.807) is 0 Å². The third-order valence-corrected chi connectivity index (χ3v) is 7.68. The fourth-order valence-corrected chi connectivity index (χ4v) is 5.49. The quantitative estimate of drug-likeness (QED) is 0.229. The summed E-state index contributed by atoms with van der Waals surface area (Å²) in [6.07, 6.45) is 0. The molecule has 0 bridgehead atoms. The number of hydrogen-bond donors (Lipinski definition) is 1. The highest BCUT2D eigenvalue weighted by Crippen LogP contribution is 2.32. The van der Waals surface area contributed by atoms with E-state index < -0.39 is 0 Å². The maximum Gasteiger partial charge on any atom is 0.0384 e. The number of fused-ring (bicyclic) bond motifs is 1. The predicted octanol–water partition coefficient (Wildman–Crippen LogP) is 11.3. The summed E-state index contributed by atoms with van der Waals surface area (Å²) in [4.78, 5) is 0. The van der Waals surface area contributed by atoms with E-state index in [1.165, 1.54) is 55.3 Å². The molecule has 7 aromatic carbocycles. The molecule has 0 aliphatic heterocycles. The average molecular weight is 524 g/mol. The molecular weight excluding hydrogens is 494 g/mol. The minimum atomic E-state index is 1.07. The summed E-state index contributed by atoms with van der Waals surface area (Å²) < 4.78 is 0. The van der Waals surface area contributed by atoms with E-state index in [2.05, 4.69) is 169 Å². The van der Waals surface area contributed by atoms with Gasteiger partial charge in [-0.2, -0.15) is 0 Å². The van der Waals surface area contributed by atoms with Crippen LogP contribution in [0.3, 0.4) is 0 Å². The summed E-state index contributed by atoms with van der Waals surface area (Å²) >= 11 is 0. The van der Waals surface area contributed by atoms with Gasteiger partial charge in [0.1, 0.15) is 0 Å². The van der Waals surface area contributed by atoms with Crippen molar-refractivity contribution in [3.63, 3.8) is 0 Å². The molecule has 0 aromatic heterocycles. The molecule has 0 fully saturated rings. The van der Waals surface area contributed by atoms with Gasteiger partial charge in [-0.25, -0.2) is 0 Å². The molecule has 7 aromatic rings. The van der Waals surface area contributed by atoms with E-state index in [0.29, 0.717) is 0 Å². The molecule has 0 atom stereocenters. The van der Waals surface area contributed by atoms with Gasteiger partial charge in [-0.3, -0.25) is 0 Å². The van der Waals surface area contributed by atoms with E-state index in [0.717, 1.165) is 11.4 Å². The Hall–Kier alpha value is -5.40. The lowest BCUT2D eigenvalue weighted by Crippen LogP contribution is -1.90. The maximum atomic E-state index is 3.55. The Labute approximate surface area is 241 Å². The normalized spacial score (nSPS) is 10.9. The largest absolute Gasteiger partial charge is 0.356 e. The fraction of sp³-hybridized carbons (Fsp3) is 0. The van der Waals surface area contributed by atoms with Gasteiger partial charge in [0.05, 0.1) is 0 Å². The number of benzene rings is 7. The van der Waals surface area contributed by atoms with Crippen LogP contribution < -0.4 is 5.32 Å². The zero-order valence-electron chi connectivity index (χ0n) is 22.7. The standard InChI is InChI=1S/C40H29N/c1-2-8-29(9-3-1)30-16-18-31(19-17-30)32-20-24-37(25-21-32)41-38-26-22-33(23-27-38)35-12-6-13-36(28-35)40-15-7-11-34-10-4-5-14-39(34)40/h1-28,41H. The van der Waals surface area contributed by atoms with Crippen molar-refractivity contribution >= 4 is 22.1 Å². The first-order valence-electron chi connectivity index (χ1n) is 14.0. The van der Waals surface area contributed by atoms with E-state index in [-0.39, 0.29) is 0 Å². The fourth-order valence-electron chi connectivity index (χ4n) is 5.49. The first-order chi connectivity index (χ1) is 20.3. The van der Waals surface area contributed by atoms with Crippen LogP contribution >= 0.6 is 0 Å². The van der Waals surface area contributed by atoms with Gasteiger partial charge in [-0.1, -0.05) is 140 Å². The number of rotatable bonds is 6. The summed E-state index contributed by atoms with van der Waals surface area (Å²) in [6.45, 7) is 0. The molecule has 194 valence electrons. The minimum Gasteiger partial charge on any atom is -0.356 e. The predicted molar refractivity (Wildman–Crippen MR) is 175 cm³/mol. The van der Waals surface area contributed by atoms with Crippen molar-refractivity contribution in [2.24, 2.45) is 0 Å². The highest BCUT2D eigenvalue weighted by Gasteiger charge is 2.06. The molecule has 0 saturated carbocycles. The molecule has 0 spiro atoms. The monoisotopic (exact) mass is 523 g/mol. The Morgan fingerprint density at radius 2 is 0.732 bits per heavy atom. The van der Waals surface area contributed by atoms with Crippen LogP contribution in [-0.2, 0) is 0 Å². The lowest BCUT2D eigenvalue weighted by molar-refractivity contribution is 1.53. The van der Waals surface area contributed by atoms with Crippen molar-refractivity contribution in [3.05, 3.63) is 170 Å². The highest BCUT2D eigenvalue weighted by molar-refractivity contribution is 5.97. The molecule has 1 nitrogen and oxygen atoms in total. The molecule has 0 saturated heterocycles. The molecular formula is C40H29N. The summed E-state index contributed by atoms with van der Waals surface area (Å²) in [5, 5.41) is 6.09. The maximum absolute atomic E-state index is 3.55. The van der Waals surface area contributed by atoms with E-state index in [1.807, 2.05) is 6.07 Å². The van der Waals surface area contributed by atoms with Gasteiger partial charge in [-0.05, 0) is 85.6 Å². The van der Waals surface area contributed by atoms with Gasteiger partial charge in [0.25, 0.3) is 0 Å². The molecule has 0 unspecified atom stereocenters. The first kappa shape index (κ1) is 24.6. The van der Waals surface area contributed by atoms with Crippen LogP contribution in [0.4, 0.5) is 11.4 Å². The Morgan fingerprint density at radius 3 is 1.39 bits per heavy atom. The smallest absolute Gasteiger partial charge is 0.0384 e. The average Bonchev–Trinajstić information content (AvgIpc) is 3.06. The SMILES string of the molecule is c1ccc(-c2ccc(-c3ccc(Nc4ccc(-c5cccc(-c6cccc7ccccc67)c5)cc4)cc3)cc2)cc1. The van der Waals surface area contributed by atoms with Gasteiger partial charge in [-0.15, -0.1) is 0 Å². The van der Waals surface area contributed by atoms with Gasteiger partial charge >= 0.3 is 0 Å². The molecule has 0 heterocycles.